The third-order valence-electron chi connectivity index (χ3n) is 3.91. The van der Waals surface area contributed by atoms with Crippen LogP contribution in [-0.2, 0) is 15.1 Å². The molecule has 1 heterocycles. The summed E-state index contributed by atoms with van der Waals surface area (Å²) in [5, 5.41) is 11.2. The van der Waals surface area contributed by atoms with Gasteiger partial charge in [0, 0.05) is 6.20 Å². The minimum absolute atomic E-state index is 0.343. The number of benzene rings is 2. The van der Waals surface area contributed by atoms with Crippen LogP contribution in [0.25, 0.3) is 0 Å². The molecular formula is C20H17NO4. The lowest BCUT2D eigenvalue weighted by Crippen LogP contribution is -2.39. The van der Waals surface area contributed by atoms with E-state index in [9.17, 15) is 14.7 Å². The highest BCUT2D eigenvalue weighted by Gasteiger charge is 2.41. The van der Waals surface area contributed by atoms with E-state index >= 15 is 0 Å². The van der Waals surface area contributed by atoms with Crippen molar-refractivity contribution in [2.45, 2.75) is 5.60 Å². The number of hydrogen-bond donors (Lipinski definition) is 2. The van der Waals surface area contributed by atoms with Gasteiger partial charge < -0.3 is 14.8 Å². The molecule has 3 rings (SSSR count). The summed E-state index contributed by atoms with van der Waals surface area (Å²) < 4.78 is 5.14. The molecule has 0 atom stereocenters. The van der Waals surface area contributed by atoms with Crippen LogP contribution in [0.3, 0.4) is 0 Å². The quantitative estimate of drug-likeness (QED) is 0.536. The van der Waals surface area contributed by atoms with Gasteiger partial charge in [0.15, 0.2) is 6.61 Å². The van der Waals surface area contributed by atoms with Crippen molar-refractivity contribution in [2.24, 2.45) is 0 Å². The molecule has 0 spiro atoms. The highest BCUT2D eigenvalue weighted by molar-refractivity contribution is 5.97. The summed E-state index contributed by atoms with van der Waals surface area (Å²) in [6, 6.07) is 20.3. The zero-order valence-corrected chi connectivity index (χ0v) is 13.4. The van der Waals surface area contributed by atoms with Gasteiger partial charge in [-0.2, -0.15) is 0 Å². The Balaban J connectivity index is 1.87. The average Bonchev–Trinajstić information content (AvgIpc) is 3.21. The molecule has 0 aliphatic heterocycles. The number of Topliss-reactive ketones (excluding diaryl/α,β-unsaturated/α-hetero) is 1. The summed E-state index contributed by atoms with van der Waals surface area (Å²) >= 11 is 0. The van der Waals surface area contributed by atoms with Crippen LogP contribution in [0.2, 0.25) is 0 Å². The number of ketones is 1. The molecule has 0 radical (unpaired) electrons. The van der Waals surface area contributed by atoms with Gasteiger partial charge in [0.25, 0.3) is 0 Å². The fourth-order valence-electron chi connectivity index (χ4n) is 2.58. The summed E-state index contributed by atoms with van der Waals surface area (Å²) in [4.78, 5) is 27.5. The highest BCUT2D eigenvalue weighted by atomic mass is 16.6. The third-order valence-corrected chi connectivity index (χ3v) is 3.91. The number of aliphatic hydroxyl groups is 1. The maximum Gasteiger partial charge on any atom is 0.348 e. The lowest BCUT2D eigenvalue weighted by atomic mass is 9.86. The van der Waals surface area contributed by atoms with Crippen molar-refractivity contribution in [1.82, 2.24) is 4.98 Å². The number of rotatable bonds is 6. The van der Waals surface area contributed by atoms with Crippen molar-refractivity contribution in [3.8, 4) is 0 Å². The van der Waals surface area contributed by atoms with Crippen LogP contribution in [0, 0.1) is 0 Å². The molecule has 0 aliphatic carbocycles. The first-order valence-corrected chi connectivity index (χ1v) is 7.79. The van der Waals surface area contributed by atoms with Crippen LogP contribution in [0.15, 0.2) is 79.0 Å². The normalized spacial score (nSPS) is 11.1. The van der Waals surface area contributed by atoms with Crippen molar-refractivity contribution >= 4 is 11.8 Å². The summed E-state index contributed by atoms with van der Waals surface area (Å²) in [6.07, 6.45) is 1.61. The van der Waals surface area contributed by atoms with Gasteiger partial charge in [-0.1, -0.05) is 60.7 Å². The van der Waals surface area contributed by atoms with Gasteiger partial charge in [0.05, 0.1) is 5.69 Å². The first-order chi connectivity index (χ1) is 12.1. The van der Waals surface area contributed by atoms with Crippen LogP contribution in [0.1, 0.15) is 21.6 Å². The van der Waals surface area contributed by atoms with Crippen molar-refractivity contribution in [2.75, 3.05) is 6.61 Å². The zero-order chi connectivity index (χ0) is 17.7. The molecule has 0 fully saturated rings. The first-order valence-electron chi connectivity index (χ1n) is 7.79. The number of aromatic nitrogens is 1. The maximum absolute atomic E-state index is 12.7. The second-order valence-corrected chi connectivity index (χ2v) is 5.53. The van der Waals surface area contributed by atoms with Crippen molar-refractivity contribution < 1.29 is 19.4 Å². The number of nitrogens with one attached hydrogen (secondary N) is 1. The summed E-state index contributed by atoms with van der Waals surface area (Å²) in [6.45, 7) is -0.457. The van der Waals surface area contributed by atoms with Crippen LogP contribution < -0.4 is 0 Å². The van der Waals surface area contributed by atoms with E-state index in [2.05, 4.69) is 4.98 Å². The molecule has 25 heavy (non-hydrogen) atoms. The molecule has 2 aromatic carbocycles. The van der Waals surface area contributed by atoms with Gasteiger partial charge in [-0.05, 0) is 23.3 Å². The molecule has 5 nitrogen and oxygen atoms in total. The molecule has 126 valence electrons. The Morgan fingerprint density at radius 2 is 1.44 bits per heavy atom. The summed E-state index contributed by atoms with van der Waals surface area (Å²) in [5.74, 6) is -1.27. The maximum atomic E-state index is 12.7. The van der Waals surface area contributed by atoms with Crippen molar-refractivity contribution in [3.05, 3.63) is 95.8 Å². The molecule has 2 N–H and O–H groups in total. The van der Waals surface area contributed by atoms with Crippen LogP contribution in [0.5, 0.6) is 0 Å². The highest BCUT2D eigenvalue weighted by Crippen LogP contribution is 2.31. The largest absolute Gasteiger partial charge is 0.455 e. The van der Waals surface area contributed by atoms with E-state index in [1.807, 2.05) is 0 Å². The molecule has 0 amide bonds. The minimum atomic E-state index is -1.99. The lowest BCUT2D eigenvalue weighted by molar-refractivity contribution is -0.160. The molecular weight excluding hydrogens is 318 g/mol. The molecule has 0 unspecified atom stereocenters. The number of H-pyrrole nitrogens is 1. The number of ether oxygens (including phenoxy) is 1. The minimum Gasteiger partial charge on any atom is -0.455 e. The van der Waals surface area contributed by atoms with E-state index in [0.717, 1.165) is 0 Å². The molecule has 0 saturated heterocycles. The number of hydrogen-bond acceptors (Lipinski definition) is 4. The fourth-order valence-corrected chi connectivity index (χ4v) is 2.58. The van der Waals surface area contributed by atoms with Gasteiger partial charge in [-0.3, -0.25) is 4.79 Å². The molecule has 3 aromatic rings. The van der Waals surface area contributed by atoms with Crippen LogP contribution >= 0.6 is 0 Å². The smallest absolute Gasteiger partial charge is 0.348 e. The molecule has 0 saturated carbocycles. The van der Waals surface area contributed by atoms with Gasteiger partial charge in [0.2, 0.25) is 11.4 Å². The Kier molecular flexibility index (Phi) is 4.77. The predicted octanol–water partition coefficient (Wildman–Crippen LogP) is 2.68. The van der Waals surface area contributed by atoms with E-state index in [4.69, 9.17) is 4.74 Å². The topological polar surface area (TPSA) is 79.4 Å². The third kappa shape index (κ3) is 3.36. The van der Waals surface area contributed by atoms with Gasteiger partial charge in [-0.15, -0.1) is 0 Å². The Labute approximate surface area is 144 Å². The monoisotopic (exact) mass is 335 g/mol. The van der Waals surface area contributed by atoms with E-state index in [-0.39, 0.29) is 5.78 Å². The van der Waals surface area contributed by atoms with Crippen molar-refractivity contribution in [3.63, 3.8) is 0 Å². The van der Waals surface area contributed by atoms with E-state index in [0.29, 0.717) is 16.8 Å². The molecule has 0 bridgehead atoms. The van der Waals surface area contributed by atoms with Crippen LogP contribution in [-0.4, -0.2) is 28.4 Å². The number of esters is 1. The molecule has 5 heteroatoms. The SMILES string of the molecule is O=C(COC(=O)C(O)(c1ccccc1)c1ccccc1)c1ccc[nH]1. The Bertz CT molecular complexity index is 802. The first kappa shape index (κ1) is 16.7. The fraction of sp³-hybridized carbons (Fsp3) is 0.100. The van der Waals surface area contributed by atoms with E-state index in [1.165, 1.54) is 0 Å². The molecule has 0 aliphatic rings. The van der Waals surface area contributed by atoms with Gasteiger partial charge >= 0.3 is 5.97 Å². The predicted molar refractivity (Wildman–Crippen MR) is 92.0 cm³/mol. The lowest BCUT2D eigenvalue weighted by Gasteiger charge is -2.26. The number of aromatic amines is 1. The Hall–Kier alpha value is -3.18. The van der Waals surface area contributed by atoms with Crippen LogP contribution in [0.4, 0.5) is 0 Å². The van der Waals surface area contributed by atoms with Gasteiger partial charge in [-0.25, -0.2) is 4.79 Å². The van der Waals surface area contributed by atoms with E-state index in [1.54, 1.807) is 79.0 Å². The molecule has 1 aromatic heterocycles. The second-order valence-electron chi connectivity index (χ2n) is 5.53. The summed E-state index contributed by atoms with van der Waals surface area (Å²) in [7, 11) is 0. The van der Waals surface area contributed by atoms with Gasteiger partial charge in [0.1, 0.15) is 0 Å². The number of carbonyl (C=O) groups excluding carboxylic acids is 2. The zero-order valence-electron chi connectivity index (χ0n) is 13.4. The number of carbonyl (C=O) groups is 2. The summed E-state index contributed by atoms with van der Waals surface area (Å²) in [5.41, 5.74) is -0.897. The standard InChI is InChI=1S/C20H17NO4/c22-18(17-12-7-13-21-17)14-25-19(23)20(24,15-8-3-1-4-9-15)16-10-5-2-6-11-16/h1-13,21,24H,14H2. The van der Waals surface area contributed by atoms with E-state index < -0.39 is 18.2 Å². The Morgan fingerprint density at radius 1 is 0.880 bits per heavy atom. The Morgan fingerprint density at radius 3 is 1.92 bits per heavy atom. The second kappa shape index (κ2) is 7.15. The van der Waals surface area contributed by atoms with Crippen molar-refractivity contribution in [1.29, 1.82) is 0 Å². The average molecular weight is 335 g/mol.